The number of fused-ring (bicyclic) bond motifs is 1. The molecule has 6 nitrogen and oxygen atoms in total. The van der Waals surface area contributed by atoms with Gasteiger partial charge in [-0.2, -0.15) is 5.10 Å². The van der Waals surface area contributed by atoms with Gasteiger partial charge in [0.2, 0.25) is 0 Å². The third kappa shape index (κ3) is 2.24. The van der Waals surface area contributed by atoms with Gasteiger partial charge in [0.1, 0.15) is 23.6 Å². The number of benzene rings is 1. The molecule has 6 heteroatoms. The number of rotatable bonds is 3. The fourth-order valence-corrected chi connectivity index (χ4v) is 2.23. The third-order valence-corrected chi connectivity index (χ3v) is 3.47. The molecule has 0 fully saturated rings. The van der Waals surface area contributed by atoms with E-state index in [4.69, 9.17) is 4.74 Å². The molecule has 2 heterocycles. The van der Waals surface area contributed by atoms with Crippen LogP contribution in [0, 0.1) is 6.92 Å². The lowest BCUT2D eigenvalue weighted by Gasteiger charge is -2.08. The largest absolute Gasteiger partial charge is 0.487 e. The Hall–Kier alpha value is -2.76. The van der Waals surface area contributed by atoms with Gasteiger partial charge in [-0.05, 0) is 25.1 Å². The normalized spacial score (nSPS) is 11.0. The summed E-state index contributed by atoms with van der Waals surface area (Å²) in [5.41, 5.74) is 1.14. The molecule has 0 atom stereocenters. The Balaban J connectivity index is 2.00. The summed E-state index contributed by atoms with van der Waals surface area (Å²) in [6, 6.07) is 10.9. The highest BCUT2D eigenvalue weighted by Gasteiger charge is 2.15. The quantitative estimate of drug-likeness (QED) is 0.746. The first-order valence-electron chi connectivity index (χ1n) is 6.53. The fourth-order valence-electron chi connectivity index (χ4n) is 2.23. The maximum atomic E-state index is 12.2. The van der Waals surface area contributed by atoms with E-state index >= 15 is 0 Å². The van der Waals surface area contributed by atoms with Gasteiger partial charge in [0.05, 0.1) is 5.39 Å². The van der Waals surface area contributed by atoms with Crippen molar-refractivity contribution in [3.63, 3.8) is 0 Å². The van der Waals surface area contributed by atoms with E-state index in [2.05, 4.69) is 5.10 Å². The second kappa shape index (κ2) is 4.97. The van der Waals surface area contributed by atoms with Crippen LogP contribution in [0.25, 0.3) is 10.9 Å². The van der Waals surface area contributed by atoms with Crippen LogP contribution in [0.2, 0.25) is 0 Å². The summed E-state index contributed by atoms with van der Waals surface area (Å²) in [5, 5.41) is 14.7. The number of aromatic nitrogens is 3. The van der Waals surface area contributed by atoms with Crippen molar-refractivity contribution in [2.24, 2.45) is 7.05 Å². The smallest absolute Gasteiger partial charge is 0.294 e. The molecule has 3 rings (SSSR count). The highest BCUT2D eigenvalue weighted by atomic mass is 16.5. The van der Waals surface area contributed by atoms with Crippen molar-refractivity contribution in [1.29, 1.82) is 0 Å². The SMILES string of the molecule is Cc1c2c(=O)n(O)c(COc3ccccc3)cc2nn1C. The van der Waals surface area contributed by atoms with E-state index in [1.54, 1.807) is 24.7 Å². The van der Waals surface area contributed by atoms with Gasteiger partial charge in [-0.3, -0.25) is 9.48 Å². The first-order valence-corrected chi connectivity index (χ1v) is 6.53. The molecule has 0 amide bonds. The van der Waals surface area contributed by atoms with Crippen molar-refractivity contribution in [3.05, 3.63) is 58.1 Å². The van der Waals surface area contributed by atoms with Crippen molar-refractivity contribution < 1.29 is 9.94 Å². The van der Waals surface area contributed by atoms with Gasteiger partial charge in [-0.25, -0.2) is 0 Å². The predicted molar refractivity (Wildman–Crippen MR) is 77.7 cm³/mol. The van der Waals surface area contributed by atoms with Crippen LogP contribution < -0.4 is 10.3 Å². The van der Waals surface area contributed by atoms with Crippen LogP contribution in [0.4, 0.5) is 0 Å². The summed E-state index contributed by atoms with van der Waals surface area (Å²) < 4.78 is 7.80. The molecule has 0 aliphatic heterocycles. The monoisotopic (exact) mass is 285 g/mol. The molecule has 0 unspecified atom stereocenters. The Morgan fingerprint density at radius 2 is 2.00 bits per heavy atom. The zero-order chi connectivity index (χ0) is 15.0. The van der Waals surface area contributed by atoms with Crippen molar-refractivity contribution >= 4 is 10.9 Å². The number of nitrogens with zero attached hydrogens (tertiary/aromatic N) is 3. The second-order valence-electron chi connectivity index (χ2n) is 4.82. The molecule has 0 spiro atoms. The lowest BCUT2D eigenvalue weighted by molar-refractivity contribution is 0.149. The standard InChI is InChI=1S/C15H15N3O3/c1-10-14-13(16-17(10)2)8-11(18(20)15(14)19)9-21-12-6-4-3-5-7-12/h3-8,20H,9H2,1-2H3. The Kier molecular flexibility index (Phi) is 3.13. The van der Waals surface area contributed by atoms with Crippen LogP contribution >= 0.6 is 0 Å². The van der Waals surface area contributed by atoms with Gasteiger partial charge in [0.25, 0.3) is 5.56 Å². The molecular weight excluding hydrogens is 270 g/mol. The Morgan fingerprint density at radius 3 is 2.71 bits per heavy atom. The summed E-state index contributed by atoms with van der Waals surface area (Å²) in [6.45, 7) is 1.87. The molecule has 2 aromatic heterocycles. The van der Waals surface area contributed by atoms with Crippen molar-refractivity contribution in [3.8, 4) is 5.75 Å². The van der Waals surface area contributed by atoms with E-state index in [-0.39, 0.29) is 6.61 Å². The number of ether oxygens (including phenoxy) is 1. The molecule has 3 aromatic rings. The Morgan fingerprint density at radius 1 is 1.29 bits per heavy atom. The molecule has 0 saturated carbocycles. The number of hydrogen-bond donors (Lipinski definition) is 1. The van der Waals surface area contributed by atoms with Crippen molar-refractivity contribution in [1.82, 2.24) is 14.5 Å². The average molecular weight is 285 g/mol. The van der Waals surface area contributed by atoms with Crippen LogP contribution in [0.3, 0.4) is 0 Å². The van der Waals surface area contributed by atoms with Crippen LogP contribution in [0.5, 0.6) is 5.75 Å². The summed E-state index contributed by atoms with van der Waals surface area (Å²) in [5.74, 6) is 0.669. The minimum atomic E-state index is -0.482. The minimum absolute atomic E-state index is 0.0846. The van der Waals surface area contributed by atoms with Gasteiger partial charge < -0.3 is 9.94 Å². The molecule has 1 N–H and O–H groups in total. The summed E-state index contributed by atoms with van der Waals surface area (Å²) in [4.78, 5) is 12.2. The second-order valence-corrected chi connectivity index (χ2v) is 4.82. The maximum absolute atomic E-state index is 12.2. The molecule has 0 bridgehead atoms. The zero-order valence-electron chi connectivity index (χ0n) is 11.8. The zero-order valence-corrected chi connectivity index (χ0v) is 11.8. The molecule has 0 radical (unpaired) electrons. The van der Waals surface area contributed by atoms with E-state index in [0.717, 1.165) is 0 Å². The molecule has 0 aliphatic carbocycles. The van der Waals surface area contributed by atoms with Crippen molar-refractivity contribution in [2.75, 3.05) is 0 Å². The summed E-state index contributed by atoms with van der Waals surface area (Å²) in [7, 11) is 1.76. The fraction of sp³-hybridized carbons (Fsp3) is 0.200. The van der Waals surface area contributed by atoms with Gasteiger partial charge in [0, 0.05) is 12.7 Å². The first kappa shape index (κ1) is 13.2. The highest BCUT2D eigenvalue weighted by molar-refractivity contribution is 5.80. The third-order valence-electron chi connectivity index (χ3n) is 3.47. The first-order chi connectivity index (χ1) is 10.1. The number of hydrogen-bond acceptors (Lipinski definition) is 4. The molecular formula is C15H15N3O3. The van der Waals surface area contributed by atoms with E-state index in [1.165, 1.54) is 0 Å². The van der Waals surface area contributed by atoms with Crippen LogP contribution in [0.1, 0.15) is 11.4 Å². The average Bonchev–Trinajstić information content (AvgIpc) is 2.77. The molecule has 1 aromatic carbocycles. The van der Waals surface area contributed by atoms with Gasteiger partial charge in [-0.15, -0.1) is 4.73 Å². The number of pyridine rings is 1. The topological polar surface area (TPSA) is 69.3 Å². The number of aryl methyl sites for hydroxylation is 2. The lowest BCUT2D eigenvalue weighted by atomic mass is 10.2. The highest BCUT2D eigenvalue weighted by Crippen LogP contribution is 2.16. The molecule has 21 heavy (non-hydrogen) atoms. The molecule has 0 saturated heterocycles. The van der Waals surface area contributed by atoms with Gasteiger partial charge in [-0.1, -0.05) is 18.2 Å². The predicted octanol–water partition coefficient (Wildman–Crippen LogP) is 1.86. The van der Waals surface area contributed by atoms with Crippen LogP contribution in [-0.2, 0) is 13.7 Å². The minimum Gasteiger partial charge on any atom is -0.487 e. The van der Waals surface area contributed by atoms with Crippen LogP contribution in [-0.4, -0.2) is 19.7 Å². The van der Waals surface area contributed by atoms with Gasteiger partial charge in [0.15, 0.2) is 0 Å². The Labute approximate surface area is 120 Å². The Bertz CT molecular complexity index is 850. The summed E-state index contributed by atoms with van der Waals surface area (Å²) in [6.07, 6.45) is 0. The van der Waals surface area contributed by atoms with Gasteiger partial charge >= 0.3 is 0 Å². The lowest BCUT2D eigenvalue weighted by Crippen LogP contribution is -2.22. The maximum Gasteiger partial charge on any atom is 0.294 e. The number of para-hydroxylation sites is 1. The molecule has 108 valence electrons. The van der Waals surface area contributed by atoms with E-state index in [9.17, 15) is 10.0 Å². The molecule has 0 aliphatic rings. The summed E-state index contributed by atoms with van der Waals surface area (Å²) >= 11 is 0. The van der Waals surface area contributed by atoms with E-state index in [1.807, 2.05) is 30.3 Å². The van der Waals surface area contributed by atoms with Crippen molar-refractivity contribution in [2.45, 2.75) is 13.5 Å². The van der Waals surface area contributed by atoms with E-state index < -0.39 is 5.56 Å². The van der Waals surface area contributed by atoms with Crippen LogP contribution in [0.15, 0.2) is 41.2 Å². The van der Waals surface area contributed by atoms with E-state index in [0.29, 0.717) is 32.8 Å².